The number of rotatable bonds is 2. The van der Waals surface area contributed by atoms with Crippen LogP contribution >= 0.6 is 11.6 Å². The number of nitriles is 1. The molecule has 1 rings (SSSR count). The van der Waals surface area contributed by atoms with Gasteiger partial charge in [0.25, 0.3) is 0 Å². The average Bonchev–Trinajstić information content (AvgIpc) is 2.20. The summed E-state index contributed by atoms with van der Waals surface area (Å²) in [6, 6.07) is 10.4. The zero-order valence-corrected chi connectivity index (χ0v) is 7.73. The molecule has 0 bridgehead atoms. The van der Waals surface area contributed by atoms with Gasteiger partial charge in [0, 0.05) is 17.2 Å². The topological polar surface area (TPSA) is 62.4 Å². The van der Waals surface area contributed by atoms with E-state index in [0.29, 0.717) is 5.56 Å². The molecule has 0 saturated carbocycles. The number of carbonyl (C=O) groups is 1. The van der Waals surface area contributed by atoms with Crippen LogP contribution in [0, 0.1) is 11.3 Å². The predicted molar refractivity (Wildman–Crippen MR) is 50.9 cm³/mol. The highest BCUT2D eigenvalue weighted by atomic mass is 35.5. The van der Waals surface area contributed by atoms with Crippen LogP contribution in [0.15, 0.2) is 35.5 Å². The Kier molecular flexibility index (Phi) is 3.65. The van der Waals surface area contributed by atoms with Crippen molar-refractivity contribution in [2.75, 3.05) is 0 Å². The normalized spacial score (nSPS) is 10.4. The van der Waals surface area contributed by atoms with E-state index in [9.17, 15) is 4.79 Å². The summed E-state index contributed by atoms with van der Waals surface area (Å²) < 4.78 is 0. The molecular weight excluding hydrogens is 204 g/mol. The molecule has 0 aliphatic heterocycles. The Morgan fingerprint density at radius 1 is 1.43 bits per heavy atom. The molecule has 0 fully saturated rings. The molecule has 0 aliphatic carbocycles. The molecule has 0 aliphatic rings. The summed E-state index contributed by atoms with van der Waals surface area (Å²) in [7, 11) is 0. The van der Waals surface area contributed by atoms with E-state index in [1.54, 1.807) is 36.4 Å². The predicted octanol–water partition coefficient (Wildman–Crippen LogP) is 2.29. The first-order chi connectivity index (χ1) is 6.74. The van der Waals surface area contributed by atoms with Crippen molar-refractivity contribution in [2.45, 2.75) is 0 Å². The van der Waals surface area contributed by atoms with Crippen molar-refractivity contribution in [1.29, 1.82) is 5.26 Å². The van der Waals surface area contributed by atoms with Crippen LogP contribution in [0.4, 0.5) is 4.79 Å². The van der Waals surface area contributed by atoms with E-state index < -0.39 is 5.43 Å². The minimum atomic E-state index is -1.08. The van der Waals surface area contributed by atoms with Gasteiger partial charge in [-0.1, -0.05) is 35.5 Å². The Balaban J connectivity index is 2.89. The fraction of sp³-hybridized carbons (Fsp3) is 0. The van der Waals surface area contributed by atoms with Crippen molar-refractivity contribution in [3.8, 4) is 6.07 Å². The van der Waals surface area contributed by atoms with Gasteiger partial charge in [0.15, 0.2) is 5.71 Å². The second kappa shape index (κ2) is 5.00. The van der Waals surface area contributed by atoms with Crippen LogP contribution in [0.5, 0.6) is 0 Å². The molecule has 0 amide bonds. The number of halogens is 1. The SMILES string of the molecule is N#CC(=NOC(=O)Cl)c1ccccc1. The Morgan fingerprint density at radius 3 is 2.57 bits per heavy atom. The highest BCUT2D eigenvalue weighted by Gasteiger charge is 2.03. The van der Waals surface area contributed by atoms with Gasteiger partial charge in [-0.2, -0.15) is 5.26 Å². The molecule has 0 radical (unpaired) electrons. The molecule has 1 aromatic carbocycles. The lowest BCUT2D eigenvalue weighted by Gasteiger charge is -1.95. The van der Waals surface area contributed by atoms with E-state index >= 15 is 0 Å². The van der Waals surface area contributed by atoms with Crippen LogP contribution in [-0.4, -0.2) is 11.1 Å². The molecule has 0 aromatic heterocycles. The summed E-state index contributed by atoms with van der Waals surface area (Å²) >= 11 is 4.89. The number of hydrogen-bond donors (Lipinski definition) is 0. The lowest BCUT2D eigenvalue weighted by Crippen LogP contribution is -1.99. The molecule has 70 valence electrons. The summed E-state index contributed by atoms with van der Waals surface area (Å²) in [4.78, 5) is 14.4. The minimum Gasteiger partial charge on any atom is -0.301 e. The molecule has 0 spiro atoms. The number of nitrogens with zero attached hydrogens (tertiary/aromatic N) is 2. The molecule has 0 atom stereocenters. The third kappa shape index (κ3) is 2.88. The standard InChI is InChI=1S/C9H5ClN2O2/c10-9(13)14-12-8(6-11)7-4-2-1-3-5-7/h1-5H. The monoisotopic (exact) mass is 208 g/mol. The van der Waals surface area contributed by atoms with E-state index in [1.807, 2.05) is 0 Å². The van der Waals surface area contributed by atoms with Crippen LogP contribution in [-0.2, 0) is 4.84 Å². The van der Waals surface area contributed by atoms with Gasteiger partial charge in [-0.15, -0.1) is 0 Å². The minimum absolute atomic E-state index is 0.000370. The molecule has 14 heavy (non-hydrogen) atoms. The maximum absolute atomic E-state index is 10.2. The number of oxime groups is 1. The number of hydrogen-bond acceptors (Lipinski definition) is 4. The van der Waals surface area contributed by atoms with Gasteiger partial charge >= 0.3 is 5.43 Å². The van der Waals surface area contributed by atoms with Gasteiger partial charge in [0.05, 0.1) is 0 Å². The fourth-order valence-electron chi connectivity index (χ4n) is 0.815. The summed E-state index contributed by atoms with van der Waals surface area (Å²) in [5, 5.41) is 12.0. The second-order valence-corrected chi connectivity index (χ2v) is 2.56. The van der Waals surface area contributed by atoms with Gasteiger partial charge in [-0.3, -0.25) is 0 Å². The first-order valence-electron chi connectivity index (χ1n) is 3.64. The Bertz CT molecular complexity index is 395. The zero-order chi connectivity index (χ0) is 10.4. The quantitative estimate of drug-likeness (QED) is 0.324. The summed E-state index contributed by atoms with van der Waals surface area (Å²) in [6.45, 7) is 0. The summed E-state index contributed by atoms with van der Waals surface area (Å²) in [6.07, 6.45) is 0. The van der Waals surface area contributed by atoms with Gasteiger partial charge in [-0.05, 0) is 0 Å². The summed E-state index contributed by atoms with van der Waals surface area (Å²) in [5.41, 5.74) is -0.513. The van der Waals surface area contributed by atoms with Crippen molar-refractivity contribution in [3.05, 3.63) is 35.9 Å². The molecule has 1 aromatic rings. The van der Waals surface area contributed by atoms with Crippen molar-refractivity contribution in [3.63, 3.8) is 0 Å². The van der Waals surface area contributed by atoms with Crippen molar-refractivity contribution in [2.24, 2.45) is 5.16 Å². The molecule has 0 heterocycles. The third-order valence-electron chi connectivity index (χ3n) is 1.36. The lowest BCUT2D eigenvalue weighted by atomic mass is 10.1. The molecule has 0 unspecified atom stereocenters. The first kappa shape index (κ1) is 10.2. The maximum atomic E-state index is 10.2. The Hall–Kier alpha value is -1.86. The van der Waals surface area contributed by atoms with Crippen LogP contribution < -0.4 is 0 Å². The van der Waals surface area contributed by atoms with E-state index in [-0.39, 0.29) is 5.71 Å². The smallest absolute Gasteiger partial charge is 0.301 e. The fourth-order valence-corrected chi connectivity index (χ4v) is 0.850. The molecule has 4 nitrogen and oxygen atoms in total. The van der Waals surface area contributed by atoms with Gasteiger partial charge in [-0.25, -0.2) is 4.79 Å². The van der Waals surface area contributed by atoms with Crippen molar-refractivity contribution in [1.82, 2.24) is 0 Å². The maximum Gasteiger partial charge on any atom is 0.429 e. The molecule has 0 N–H and O–H groups in total. The second-order valence-electron chi connectivity index (χ2n) is 2.25. The summed E-state index contributed by atoms with van der Waals surface area (Å²) in [5.74, 6) is 0. The van der Waals surface area contributed by atoms with Crippen molar-refractivity contribution >= 4 is 22.7 Å². The Morgan fingerprint density at radius 2 is 2.07 bits per heavy atom. The van der Waals surface area contributed by atoms with E-state index in [0.717, 1.165) is 0 Å². The molecular formula is C9H5ClN2O2. The van der Waals surface area contributed by atoms with Crippen LogP contribution in [0.3, 0.4) is 0 Å². The van der Waals surface area contributed by atoms with E-state index in [1.165, 1.54) is 0 Å². The highest BCUT2D eigenvalue weighted by Crippen LogP contribution is 2.01. The van der Waals surface area contributed by atoms with E-state index in [4.69, 9.17) is 16.9 Å². The van der Waals surface area contributed by atoms with Gasteiger partial charge in [0.1, 0.15) is 6.07 Å². The average molecular weight is 209 g/mol. The zero-order valence-electron chi connectivity index (χ0n) is 6.98. The number of benzene rings is 1. The highest BCUT2D eigenvalue weighted by molar-refractivity contribution is 6.61. The number of carbonyl (C=O) groups excluding carboxylic acids is 1. The third-order valence-corrected chi connectivity index (χ3v) is 1.43. The first-order valence-corrected chi connectivity index (χ1v) is 4.02. The van der Waals surface area contributed by atoms with Crippen LogP contribution in [0.2, 0.25) is 0 Å². The molecule has 0 saturated heterocycles. The largest absolute Gasteiger partial charge is 0.429 e. The van der Waals surface area contributed by atoms with Gasteiger partial charge in [0.2, 0.25) is 0 Å². The van der Waals surface area contributed by atoms with Gasteiger partial charge < -0.3 is 4.84 Å². The van der Waals surface area contributed by atoms with Crippen LogP contribution in [0.1, 0.15) is 5.56 Å². The van der Waals surface area contributed by atoms with Crippen molar-refractivity contribution < 1.29 is 9.63 Å². The molecule has 5 heteroatoms. The van der Waals surface area contributed by atoms with E-state index in [2.05, 4.69) is 9.99 Å². The van der Waals surface area contributed by atoms with Crippen LogP contribution in [0.25, 0.3) is 0 Å². The Labute approximate surface area is 85.3 Å². The lowest BCUT2D eigenvalue weighted by molar-refractivity contribution is 0.179.